The van der Waals surface area contributed by atoms with Crippen molar-refractivity contribution in [2.75, 3.05) is 45.8 Å². The van der Waals surface area contributed by atoms with Crippen LogP contribution in [0.15, 0.2) is 0 Å². The first-order valence-electron chi connectivity index (χ1n) is 7.83. The largest absolute Gasteiger partial charge is 0.342 e. The lowest BCUT2D eigenvalue weighted by molar-refractivity contribution is -0.136. The van der Waals surface area contributed by atoms with Gasteiger partial charge < -0.3 is 14.6 Å². The highest BCUT2D eigenvalue weighted by Gasteiger charge is 2.25. The number of rotatable bonds is 5. The van der Waals surface area contributed by atoms with Gasteiger partial charge in [-0.2, -0.15) is 0 Å². The number of Topliss-reactive ketones (excluding diaryl/α,β-unsaturated/α-hetero) is 1. The quantitative estimate of drug-likeness (QED) is 0.723. The average Bonchev–Trinajstić information content (AvgIpc) is 3.00. The lowest BCUT2D eigenvalue weighted by Crippen LogP contribution is -2.51. The third kappa shape index (κ3) is 4.81. The van der Waals surface area contributed by atoms with E-state index in [1.165, 1.54) is 6.92 Å². The van der Waals surface area contributed by atoms with Crippen molar-refractivity contribution in [3.63, 3.8) is 0 Å². The fourth-order valence-corrected chi connectivity index (χ4v) is 2.85. The maximum Gasteiger partial charge on any atom is 0.236 e. The van der Waals surface area contributed by atoms with Crippen LogP contribution in [0.4, 0.5) is 0 Å². The summed E-state index contributed by atoms with van der Waals surface area (Å²) < 4.78 is 0. The number of carbonyl (C=O) groups is 3. The van der Waals surface area contributed by atoms with Crippen LogP contribution in [0.1, 0.15) is 32.6 Å². The maximum absolute atomic E-state index is 12.1. The van der Waals surface area contributed by atoms with E-state index in [-0.39, 0.29) is 17.6 Å². The standard InChI is InChI=1S/C15H25N3O3/c1-13(19)4-5-14(20)18-10-8-16(9-11-18)12-15(21)17-6-2-3-7-17/h2-12H2,1H3. The molecule has 2 rings (SSSR count). The van der Waals surface area contributed by atoms with Crippen molar-refractivity contribution < 1.29 is 14.4 Å². The molecule has 2 heterocycles. The first-order chi connectivity index (χ1) is 10.1. The monoisotopic (exact) mass is 295 g/mol. The van der Waals surface area contributed by atoms with Gasteiger partial charge in [-0.05, 0) is 19.8 Å². The van der Waals surface area contributed by atoms with E-state index in [4.69, 9.17) is 0 Å². The van der Waals surface area contributed by atoms with Gasteiger partial charge in [-0.3, -0.25) is 14.5 Å². The molecule has 21 heavy (non-hydrogen) atoms. The molecule has 0 aromatic rings. The van der Waals surface area contributed by atoms with E-state index in [1.54, 1.807) is 4.90 Å². The third-order valence-electron chi connectivity index (χ3n) is 4.23. The lowest BCUT2D eigenvalue weighted by Gasteiger charge is -2.35. The second-order valence-electron chi connectivity index (χ2n) is 5.95. The van der Waals surface area contributed by atoms with Gasteiger partial charge in [0.25, 0.3) is 0 Å². The van der Waals surface area contributed by atoms with Crippen molar-refractivity contribution in [1.82, 2.24) is 14.7 Å². The molecule has 0 unspecified atom stereocenters. The predicted molar refractivity (Wildman–Crippen MR) is 78.7 cm³/mol. The van der Waals surface area contributed by atoms with Crippen molar-refractivity contribution in [3.05, 3.63) is 0 Å². The molecule has 6 heteroatoms. The molecule has 0 radical (unpaired) electrons. The van der Waals surface area contributed by atoms with Crippen molar-refractivity contribution in [2.45, 2.75) is 32.6 Å². The van der Waals surface area contributed by atoms with Gasteiger partial charge in [-0.15, -0.1) is 0 Å². The molecule has 0 saturated carbocycles. The molecule has 0 aliphatic carbocycles. The van der Waals surface area contributed by atoms with E-state index in [9.17, 15) is 14.4 Å². The molecule has 0 aromatic carbocycles. The van der Waals surface area contributed by atoms with Crippen LogP contribution in [0.2, 0.25) is 0 Å². The number of carbonyl (C=O) groups excluding carboxylic acids is 3. The highest BCUT2D eigenvalue weighted by molar-refractivity contribution is 5.83. The van der Waals surface area contributed by atoms with Crippen LogP contribution in [-0.2, 0) is 14.4 Å². The fraction of sp³-hybridized carbons (Fsp3) is 0.800. The zero-order valence-corrected chi connectivity index (χ0v) is 12.8. The molecule has 0 N–H and O–H groups in total. The smallest absolute Gasteiger partial charge is 0.236 e. The van der Waals surface area contributed by atoms with Gasteiger partial charge in [0.15, 0.2) is 0 Å². The van der Waals surface area contributed by atoms with Crippen LogP contribution in [-0.4, -0.2) is 78.1 Å². The Bertz CT molecular complexity index is 397. The maximum atomic E-state index is 12.1. The Kier molecular flexibility index (Phi) is 5.73. The predicted octanol–water partition coefficient (Wildman–Crippen LogP) is 0.122. The van der Waals surface area contributed by atoms with Gasteiger partial charge in [0.05, 0.1) is 6.54 Å². The number of amides is 2. The summed E-state index contributed by atoms with van der Waals surface area (Å²) in [5.74, 6) is 0.317. The fourth-order valence-electron chi connectivity index (χ4n) is 2.85. The van der Waals surface area contributed by atoms with Gasteiger partial charge in [0, 0.05) is 52.1 Å². The molecule has 0 spiro atoms. The first-order valence-corrected chi connectivity index (χ1v) is 7.83. The average molecular weight is 295 g/mol. The van der Waals surface area contributed by atoms with Crippen LogP contribution < -0.4 is 0 Å². The summed E-state index contributed by atoms with van der Waals surface area (Å²) in [6.45, 7) is 6.56. The topological polar surface area (TPSA) is 60.9 Å². The highest BCUT2D eigenvalue weighted by Crippen LogP contribution is 2.10. The van der Waals surface area contributed by atoms with Gasteiger partial charge >= 0.3 is 0 Å². The summed E-state index contributed by atoms with van der Waals surface area (Å²) in [5, 5.41) is 0. The number of nitrogens with zero attached hydrogens (tertiary/aromatic N) is 3. The molecule has 2 fully saturated rings. The Hall–Kier alpha value is -1.43. The Labute approximate surface area is 126 Å². The highest BCUT2D eigenvalue weighted by atomic mass is 16.2. The summed E-state index contributed by atoms with van der Waals surface area (Å²) in [7, 11) is 0. The molecule has 2 amide bonds. The molecular weight excluding hydrogens is 270 g/mol. The number of ketones is 1. The Morgan fingerprint density at radius 2 is 1.33 bits per heavy atom. The lowest BCUT2D eigenvalue weighted by atomic mass is 10.2. The minimum atomic E-state index is 0.0516. The number of likely N-dealkylation sites (tertiary alicyclic amines) is 1. The summed E-state index contributed by atoms with van der Waals surface area (Å²) >= 11 is 0. The minimum Gasteiger partial charge on any atom is -0.342 e. The molecular formula is C15H25N3O3. The van der Waals surface area contributed by atoms with Gasteiger partial charge in [-0.1, -0.05) is 0 Å². The Balaban J connectivity index is 1.69. The first kappa shape index (κ1) is 15.9. The van der Waals surface area contributed by atoms with E-state index in [0.29, 0.717) is 32.5 Å². The second kappa shape index (κ2) is 7.54. The van der Waals surface area contributed by atoms with Crippen LogP contribution in [0.3, 0.4) is 0 Å². The zero-order chi connectivity index (χ0) is 15.2. The van der Waals surface area contributed by atoms with Crippen molar-refractivity contribution in [3.8, 4) is 0 Å². The van der Waals surface area contributed by atoms with Crippen molar-refractivity contribution >= 4 is 17.6 Å². The molecule has 2 aliphatic rings. The van der Waals surface area contributed by atoms with Crippen LogP contribution in [0.25, 0.3) is 0 Å². The summed E-state index contributed by atoms with van der Waals surface area (Å²) in [5.41, 5.74) is 0. The molecule has 0 bridgehead atoms. The van der Waals surface area contributed by atoms with E-state index in [2.05, 4.69) is 4.90 Å². The van der Waals surface area contributed by atoms with Gasteiger partial charge in [0.2, 0.25) is 11.8 Å². The number of hydrogen-bond acceptors (Lipinski definition) is 4. The van der Waals surface area contributed by atoms with E-state index in [1.807, 2.05) is 4.90 Å². The van der Waals surface area contributed by atoms with Crippen LogP contribution >= 0.6 is 0 Å². The molecule has 0 aromatic heterocycles. The van der Waals surface area contributed by atoms with Crippen LogP contribution in [0, 0.1) is 0 Å². The third-order valence-corrected chi connectivity index (χ3v) is 4.23. The van der Waals surface area contributed by atoms with Crippen molar-refractivity contribution in [1.29, 1.82) is 0 Å². The molecule has 0 atom stereocenters. The number of piperazine rings is 1. The van der Waals surface area contributed by atoms with Gasteiger partial charge in [0.1, 0.15) is 5.78 Å². The normalized spacial score (nSPS) is 19.9. The molecule has 2 aliphatic heterocycles. The van der Waals surface area contributed by atoms with E-state index >= 15 is 0 Å². The summed E-state index contributed by atoms with van der Waals surface area (Å²) in [6.07, 6.45) is 2.86. The van der Waals surface area contributed by atoms with E-state index in [0.717, 1.165) is 39.0 Å². The second-order valence-corrected chi connectivity index (χ2v) is 5.95. The molecule has 2 saturated heterocycles. The zero-order valence-electron chi connectivity index (χ0n) is 12.8. The molecule has 118 valence electrons. The SMILES string of the molecule is CC(=O)CCC(=O)N1CCN(CC(=O)N2CCCC2)CC1. The Morgan fingerprint density at radius 3 is 1.90 bits per heavy atom. The van der Waals surface area contributed by atoms with E-state index < -0.39 is 0 Å². The van der Waals surface area contributed by atoms with Crippen molar-refractivity contribution in [2.24, 2.45) is 0 Å². The summed E-state index contributed by atoms with van der Waals surface area (Å²) in [4.78, 5) is 40.8. The molecule has 6 nitrogen and oxygen atoms in total. The minimum absolute atomic E-state index is 0.0516. The number of hydrogen-bond donors (Lipinski definition) is 0. The summed E-state index contributed by atoms with van der Waals surface area (Å²) in [6, 6.07) is 0. The van der Waals surface area contributed by atoms with Gasteiger partial charge in [-0.25, -0.2) is 0 Å². The Morgan fingerprint density at radius 1 is 0.762 bits per heavy atom. The van der Waals surface area contributed by atoms with Crippen LogP contribution in [0.5, 0.6) is 0 Å².